The highest BCUT2D eigenvalue weighted by molar-refractivity contribution is 8.00. The molecule has 24 heavy (non-hydrogen) atoms. The van der Waals surface area contributed by atoms with E-state index in [1.54, 1.807) is 0 Å². The van der Waals surface area contributed by atoms with Crippen molar-refractivity contribution in [3.8, 4) is 0 Å². The highest BCUT2D eigenvalue weighted by Gasteiger charge is 2.42. The minimum Gasteiger partial charge on any atom is -0.480 e. The van der Waals surface area contributed by atoms with Crippen LogP contribution in [-0.2, 0) is 9.59 Å². The summed E-state index contributed by atoms with van der Waals surface area (Å²) in [6.07, 6.45) is 5.69. The summed E-state index contributed by atoms with van der Waals surface area (Å²) < 4.78 is 0. The van der Waals surface area contributed by atoms with Crippen molar-refractivity contribution in [1.82, 2.24) is 16.0 Å². The lowest BCUT2D eigenvalue weighted by Gasteiger charge is -2.17. The Kier molecular flexibility index (Phi) is 5.53. The van der Waals surface area contributed by atoms with Crippen LogP contribution in [-0.4, -0.2) is 52.1 Å². The Morgan fingerprint density at radius 1 is 1.29 bits per heavy atom. The fraction of sp³-hybridized carbons (Fsp3) is 0.812. The largest absolute Gasteiger partial charge is 0.480 e. The number of rotatable bonds is 9. The average molecular weight is 355 g/mol. The summed E-state index contributed by atoms with van der Waals surface area (Å²) in [5, 5.41) is 18.1. The Balaban J connectivity index is 1.32. The van der Waals surface area contributed by atoms with Crippen molar-refractivity contribution in [2.45, 2.75) is 68.3 Å². The van der Waals surface area contributed by atoms with Crippen LogP contribution in [0.1, 0.15) is 44.9 Å². The van der Waals surface area contributed by atoms with Crippen LogP contribution in [0.4, 0.5) is 4.79 Å². The molecule has 4 N–H and O–H groups in total. The minimum atomic E-state index is -0.937. The van der Waals surface area contributed by atoms with E-state index in [-0.39, 0.29) is 24.0 Å². The van der Waals surface area contributed by atoms with E-state index >= 15 is 0 Å². The molecule has 1 saturated carbocycles. The van der Waals surface area contributed by atoms with E-state index in [0.29, 0.717) is 24.0 Å². The molecule has 0 spiro atoms. The quantitative estimate of drug-likeness (QED) is 0.366. The number of carbonyl (C=O) groups is 3. The Hall–Kier alpha value is -1.44. The van der Waals surface area contributed by atoms with Crippen molar-refractivity contribution in [1.29, 1.82) is 0 Å². The van der Waals surface area contributed by atoms with E-state index in [9.17, 15) is 14.4 Å². The SMILES string of the molecule is O=C(CCCC[C@@H]1SC[C@@H]2NC(=O)N[C@@H]21)NC(CC1CC1)C(=O)O. The molecular weight excluding hydrogens is 330 g/mol. The lowest BCUT2D eigenvalue weighted by Crippen LogP contribution is -2.41. The van der Waals surface area contributed by atoms with Gasteiger partial charge in [0.2, 0.25) is 5.91 Å². The maximum absolute atomic E-state index is 11.9. The van der Waals surface area contributed by atoms with Gasteiger partial charge >= 0.3 is 12.0 Å². The van der Waals surface area contributed by atoms with Gasteiger partial charge in [0, 0.05) is 17.4 Å². The van der Waals surface area contributed by atoms with Crippen molar-refractivity contribution in [2.24, 2.45) is 5.92 Å². The highest BCUT2D eigenvalue weighted by atomic mass is 32.2. The zero-order valence-electron chi connectivity index (χ0n) is 13.6. The van der Waals surface area contributed by atoms with Crippen LogP contribution in [0.25, 0.3) is 0 Å². The molecule has 4 atom stereocenters. The molecule has 134 valence electrons. The zero-order valence-corrected chi connectivity index (χ0v) is 14.4. The number of nitrogens with one attached hydrogen (secondary N) is 3. The van der Waals surface area contributed by atoms with Crippen molar-refractivity contribution >= 4 is 29.7 Å². The molecule has 0 bridgehead atoms. The van der Waals surface area contributed by atoms with Crippen LogP contribution in [0.3, 0.4) is 0 Å². The Bertz CT molecular complexity index is 512. The normalized spacial score (nSPS) is 29.5. The molecule has 8 heteroatoms. The summed E-state index contributed by atoms with van der Waals surface area (Å²) >= 11 is 1.87. The van der Waals surface area contributed by atoms with Gasteiger partial charge in [-0.05, 0) is 25.2 Å². The van der Waals surface area contributed by atoms with Gasteiger partial charge in [-0.25, -0.2) is 9.59 Å². The van der Waals surface area contributed by atoms with Gasteiger partial charge in [-0.3, -0.25) is 4.79 Å². The molecule has 0 radical (unpaired) electrons. The molecule has 0 aromatic rings. The summed E-state index contributed by atoms with van der Waals surface area (Å²) in [6.45, 7) is 0. The second-order valence-electron chi connectivity index (χ2n) is 7.01. The van der Waals surface area contributed by atoms with Gasteiger partial charge < -0.3 is 21.1 Å². The Labute approximate surface area is 145 Å². The first-order valence-corrected chi connectivity index (χ1v) is 9.78. The number of carboxylic acid groups (broad SMARTS) is 1. The summed E-state index contributed by atoms with van der Waals surface area (Å²) in [5.41, 5.74) is 0. The monoisotopic (exact) mass is 355 g/mol. The van der Waals surface area contributed by atoms with Gasteiger partial charge in [-0.2, -0.15) is 11.8 Å². The maximum Gasteiger partial charge on any atom is 0.326 e. The van der Waals surface area contributed by atoms with Crippen molar-refractivity contribution < 1.29 is 19.5 Å². The number of unbranched alkanes of at least 4 members (excludes halogenated alkanes) is 1. The fourth-order valence-corrected chi connectivity index (χ4v) is 4.99. The fourth-order valence-electron chi connectivity index (χ4n) is 3.45. The summed E-state index contributed by atoms with van der Waals surface area (Å²) in [5.74, 6) is 0.300. The summed E-state index contributed by atoms with van der Waals surface area (Å²) in [7, 11) is 0. The average Bonchev–Trinajstić information content (AvgIpc) is 3.16. The third kappa shape index (κ3) is 4.55. The summed E-state index contributed by atoms with van der Waals surface area (Å²) in [4.78, 5) is 34.4. The van der Waals surface area contributed by atoms with E-state index in [1.807, 2.05) is 11.8 Å². The van der Waals surface area contributed by atoms with Crippen LogP contribution in [0.5, 0.6) is 0 Å². The van der Waals surface area contributed by atoms with Crippen LogP contribution < -0.4 is 16.0 Å². The smallest absolute Gasteiger partial charge is 0.326 e. The van der Waals surface area contributed by atoms with E-state index in [4.69, 9.17) is 5.11 Å². The topological polar surface area (TPSA) is 108 Å². The molecule has 0 aromatic carbocycles. The number of hydrogen-bond acceptors (Lipinski definition) is 4. The van der Waals surface area contributed by atoms with Crippen molar-refractivity contribution in [3.63, 3.8) is 0 Å². The highest BCUT2D eigenvalue weighted by Crippen LogP contribution is 2.34. The first-order chi connectivity index (χ1) is 11.5. The lowest BCUT2D eigenvalue weighted by atomic mass is 10.0. The number of amides is 3. The third-order valence-corrected chi connectivity index (χ3v) is 6.49. The second-order valence-corrected chi connectivity index (χ2v) is 8.28. The number of hydrogen-bond donors (Lipinski definition) is 4. The number of carbonyl (C=O) groups excluding carboxylic acids is 2. The van der Waals surface area contributed by atoms with Gasteiger partial charge in [0.05, 0.1) is 12.1 Å². The molecule has 3 fully saturated rings. The van der Waals surface area contributed by atoms with Crippen LogP contribution in [0.15, 0.2) is 0 Å². The van der Waals surface area contributed by atoms with Crippen molar-refractivity contribution in [3.05, 3.63) is 0 Å². The van der Waals surface area contributed by atoms with Crippen molar-refractivity contribution in [2.75, 3.05) is 5.75 Å². The molecule has 2 saturated heterocycles. The maximum atomic E-state index is 11.9. The zero-order chi connectivity index (χ0) is 17.1. The van der Waals surface area contributed by atoms with Crippen LogP contribution in [0, 0.1) is 5.92 Å². The van der Waals surface area contributed by atoms with Gasteiger partial charge in [0.15, 0.2) is 0 Å². The predicted octanol–water partition coefficient (Wildman–Crippen LogP) is 1.08. The number of urea groups is 1. The van der Waals surface area contributed by atoms with Gasteiger partial charge in [-0.15, -0.1) is 0 Å². The van der Waals surface area contributed by atoms with Gasteiger partial charge in [0.1, 0.15) is 6.04 Å². The predicted molar refractivity (Wildman–Crippen MR) is 90.9 cm³/mol. The molecular formula is C16H25N3O4S. The summed E-state index contributed by atoms with van der Waals surface area (Å²) in [6, 6.07) is -0.387. The molecule has 1 aliphatic carbocycles. The standard InChI is InChI=1S/C16H25N3O4S/c20-13(17-10(15(21)22)7-9-5-6-9)4-2-1-3-12-14-11(8-24-12)18-16(23)19-14/h9-12,14H,1-8H2,(H,17,20)(H,21,22)(H2,18,19,23)/t10?,11-,12-,14-/m0/s1. The number of carboxylic acids is 1. The lowest BCUT2D eigenvalue weighted by molar-refractivity contribution is -0.142. The minimum absolute atomic E-state index is 0.0787. The molecule has 2 heterocycles. The number of fused-ring (bicyclic) bond motifs is 1. The van der Waals surface area contributed by atoms with Crippen LogP contribution >= 0.6 is 11.8 Å². The van der Waals surface area contributed by atoms with Gasteiger partial charge in [-0.1, -0.05) is 19.3 Å². The first kappa shape index (κ1) is 17.4. The molecule has 3 rings (SSSR count). The third-order valence-electron chi connectivity index (χ3n) is 4.98. The Morgan fingerprint density at radius 2 is 2.08 bits per heavy atom. The van der Waals surface area contributed by atoms with Crippen LogP contribution in [0.2, 0.25) is 0 Å². The molecule has 3 aliphatic rings. The second kappa shape index (κ2) is 7.63. The molecule has 2 aliphatic heterocycles. The first-order valence-electron chi connectivity index (χ1n) is 8.73. The van der Waals surface area contributed by atoms with E-state index < -0.39 is 12.0 Å². The number of aliphatic carboxylic acids is 1. The van der Waals surface area contributed by atoms with E-state index in [2.05, 4.69) is 16.0 Å². The Morgan fingerprint density at radius 3 is 2.79 bits per heavy atom. The number of thioether (sulfide) groups is 1. The molecule has 7 nitrogen and oxygen atoms in total. The molecule has 0 aromatic heterocycles. The van der Waals surface area contributed by atoms with E-state index in [0.717, 1.165) is 37.9 Å². The molecule has 3 amide bonds. The van der Waals surface area contributed by atoms with Gasteiger partial charge in [0.25, 0.3) is 0 Å². The molecule has 1 unspecified atom stereocenters. The van der Waals surface area contributed by atoms with E-state index in [1.165, 1.54) is 0 Å².